The van der Waals surface area contributed by atoms with E-state index in [1.165, 1.54) is 36.4 Å². The standard InChI is InChI=1S/C26H27F4N7O/c1-35-9-11-37(12-10-35)21-15-20(16-32-17-21)23(34-31)18-36(2)24(7-13-38)22(27)5-3-4-19-6-8-33-25(14-19)26(28,29)30/h3-8,13-18,31H,9-12H2,1-2H3/b4-3+,22-5+,23-18-,24-7+,34-31?. The molecule has 2 aromatic heterocycles. The zero-order valence-corrected chi connectivity index (χ0v) is 20.9. The van der Waals surface area contributed by atoms with E-state index in [9.17, 15) is 22.4 Å². The van der Waals surface area contributed by atoms with Gasteiger partial charge in [-0.25, -0.2) is 9.92 Å². The maximum Gasteiger partial charge on any atom is 0.433 e. The van der Waals surface area contributed by atoms with Crippen molar-refractivity contribution in [3.8, 4) is 0 Å². The minimum Gasteiger partial charge on any atom is -0.368 e. The number of halogens is 4. The predicted molar refractivity (Wildman–Crippen MR) is 136 cm³/mol. The summed E-state index contributed by atoms with van der Waals surface area (Å²) in [6, 6.07) is 4.03. The van der Waals surface area contributed by atoms with Crippen molar-refractivity contribution >= 4 is 23.7 Å². The largest absolute Gasteiger partial charge is 0.433 e. The molecule has 1 aliphatic rings. The number of allylic oxidation sites excluding steroid dienone is 4. The van der Waals surface area contributed by atoms with Gasteiger partial charge in [0.25, 0.3) is 0 Å². The number of aromatic nitrogens is 2. The van der Waals surface area contributed by atoms with Crippen LogP contribution in [0.15, 0.2) is 77.9 Å². The lowest BCUT2D eigenvalue weighted by molar-refractivity contribution is -0.141. The third kappa shape index (κ3) is 7.65. The van der Waals surface area contributed by atoms with E-state index < -0.39 is 17.7 Å². The monoisotopic (exact) mass is 529 g/mol. The van der Waals surface area contributed by atoms with Gasteiger partial charge in [-0.1, -0.05) is 12.2 Å². The Hall–Kier alpha value is -4.19. The van der Waals surface area contributed by atoms with Crippen molar-refractivity contribution in [3.63, 3.8) is 0 Å². The molecule has 1 saturated heterocycles. The molecule has 1 aliphatic heterocycles. The van der Waals surface area contributed by atoms with Gasteiger partial charge in [-0.3, -0.25) is 14.8 Å². The van der Waals surface area contributed by atoms with Gasteiger partial charge in [0, 0.05) is 63.5 Å². The lowest BCUT2D eigenvalue weighted by Gasteiger charge is -2.34. The van der Waals surface area contributed by atoms with Gasteiger partial charge in [-0.15, -0.1) is 0 Å². The second kappa shape index (κ2) is 12.9. The fourth-order valence-electron chi connectivity index (χ4n) is 3.69. The Kier molecular flexibility index (Phi) is 9.61. The molecule has 2 aromatic rings. The van der Waals surface area contributed by atoms with Gasteiger partial charge in [0.2, 0.25) is 0 Å². The number of hydrogen-bond acceptors (Lipinski definition) is 8. The van der Waals surface area contributed by atoms with E-state index in [0.717, 1.165) is 56.3 Å². The summed E-state index contributed by atoms with van der Waals surface area (Å²) in [5, 5.41) is 3.56. The van der Waals surface area contributed by atoms with Crippen molar-refractivity contribution in [2.75, 3.05) is 45.2 Å². The molecule has 0 radical (unpaired) electrons. The van der Waals surface area contributed by atoms with Gasteiger partial charge in [-0.2, -0.15) is 18.3 Å². The number of carbonyl (C=O) groups excluding carboxylic acids is 1. The smallest absolute Gasteiger partial charge is 0.368 e. The summed E-state index contributed by atoms with van der Waals surface area (Å²) in [6.45, 7) is 3.46. The molecule has 0 unspecified atom stereocenters. The van der Waals surface area contributed by atoms with Crippen LogP contribution in [0.2, 0.25) is 0 Å². The number of aldehydes is 1. The minimum atomic E-state index is -4.60. The van der Waals surface area contributed by atoms with Crippen molar-refractivity contribution in [2.24, 2.45) is 5.11 Å². The van der Waals surface area contributed by atoms with E-state index in [-0.39, 0.29) is 17.0 Å². The molecule has 1 N–H and O–H groups in total. The van der Waals surface area contributed by atoms with E-state index >= 15 is 0 Å². The lowest BCUT2D eigenvalue weighted by atomic mass is 10.2. The van der Waals surface area contributed by atoms with E-state index in [1.54, 1.807) is 12.4 Å². The number of carbonyl (C=O) groups is 1. The Morgan fingerprint density at radius 1 is 1.16 bits per heavy atom. The summed E-state index contributed by atoms with van der Waals surface area (Å²) in [5.41, 5.74) is 8.21. The second-order valence-corrected chi connectivity index (χ2v) is 8.49. The number of anilines is 1. The van der Waals surface area contributed by atoms with Crippen LogP contribution in [0.1, 0.15) is 16.8 Å². The maximum absolute atomic E-state index is 15.0. The van der Waals surface area contributed by atoms with Gasteiger partial charge >= 0.3 is 6.18 Å². The fraction of sp³-hybridized carbons (Fsp3) is 0.269. The molecular formula is C26H27F4N7O. The number of nitrogens with zero attached hydrogens (tertiary/aromatic N) is 6. The van der Waals surface area contributed by atoms with Crippen LogP contribution in [-0.4, -0.2) is 66.3 Å². The molecule has 12 heteroatoms. The zero-order valence-electron chi connectivity index (χ0n) is 20.9. The zero-order chi connectivity index (χ0) is 27.7. The summed E-state index contributed by atoms with van der Waals surface area (Å²) in [7, 11) is 3.53. The van der Waals surface area contributed by atoms with E-state index in [2.05, 4.69) is 31.9 Å². The first kappa shape index (κ1) is 28.4. The van der Waals surface area contributed by atoms with Gasteiger partial charge < -0.3 is 14.7 Å². The molecule has 3 rings (SSSR count). The molecule has 0 atom stereocenters. The fourth-order valence-corrected chi connectivity index (χ4v) is 3.69. The van der Waals surface area contributed by atoms with Crippen LogP contribution in [0.25, 0.3) is 11.8 Å². The lowest BCUT2D eigenvalue weighted by Crippen LogP contribution is -2.44. The highest BCUT2D eigenvalue weighted by atomic mass is 19.4. The number of hydrogen-bond donors (Lipinski definition) is 1. The number of rotatable bonds is 9. The highest BCUT2D eigenvalue weighted by Crippen LogP contribution is 2.28. The van der Waals surface area contributed by atoms with Crippen LogP contribution in [0.3, 0.4) is 0 Å². The molecule has 0 spiro atoms. The molecular weight excluding hydrogens is 502 g/mol. The van der Waals surface area contributed by atoms with E-state index in [0.29, 0.717) is 11.8 Å². The molecule has 0 bridgehead atoms. The van der Waals surface area contributed by atoms with Crippen molar-refractivity contribution in [3.05, 3.63) is 89.6 Å². The number of nitrogens with one attached hydrogen (secondary N) is 1. The Bertz CT molecular complexity index is 1260. The Labute approximate surface area is 217 Å². The highest BCUT2D eigenvalue weighted by Gasteiger charge is 2.32. The summed E-state index contributed by atoms with van der Waals surface area (Å²) >= 11 is 0. The quantitative estimate of drug-likeness (QED) is 0.159. The van der Waals surface area contributed by atoms with Crippen LogP contribution in [0, 0.1) is 5.53 Å². The van der Waals surface area contributed by atoms with Crippen LogP contribution < -0.4 is 4.90 Å². The van der Waals surface area contributed by atoms with Crippen LogP contribution in [0.4, 0.5) is 23.2 Å². The summed E-state index contributed by atoms with van der Waals surface area (Å²) in [5.74, 6) is -0.828. The third-order valence-corrected chi connectivity index (χ3v) is 5.78. The van der Waals surface area contributed by atoms with Crippen LogP contribution in [0.5, 0.6) is 0 Å². The first-order valence-corrected chi connectivity index (χ1v) is 11.6. The first-order valence-electron chi connectivity index (χ1n) is 11.6. The normalized spacial score (nSPS) is 16.2. The second-order valence-electron chi connectivity index (χ2n) is 8.49. The number of piperazine rings is 1. The van der Waals surface area contributed by atoms with Gasteiger partial charge in [0.15, 0.2) is 0 Å². The van der Waals surface area contributed by atoms with Gasteiger partial charge in [0.05, 0.1) is 17.6 Å². The highest BCUT2D eigenvalue weighted by molar-refractivity contribution is 5.69. The van der Waals surface area contributed by atoms with Crippen molar-refractivity contribution < 1.29 is 22.4 Å². The molecule has 3 heterocycles. The SMILES string of the molecule is CN1CCN(c2cncc(/C(=C/N(C)C(=C/C=O)/C(F)=C\C=C\c3ccnc(C(F)(F)F)c3)N=N)c2)CC1. The summed E-state index contributed by atoms with van der Waals surface area (Å²) in [6.07, 6.45) is 5.99. The number of pyridine rings is 2. The molecule has 0 aliphatic carbocycles. The van der Waals surface area contributed by atoms with Gasteiger partial charge in [-0.05, 0) is 36.9 Å². The van der Waals surface area contributed by atoms with Crippen molar-refractivity contribution in [2.45, 2.75) is 6.18 Å². The molecule has 38 heavy (non-hydrogen) atoms. The minimum absolute atomic E-state index is 0.139. The van der Waals surface area contributed by atoms with Crippen LogP contribution in [-0.2, 0) is 11.0 Å². The number of alkyl halides is 3. The number of likely N-dealkylation sites (N-methyl/N-ethyl adjacent to an activating group) is 2. The van der Waals surface area contributed by atoms with Crippen molar-refractivity contribution in [1.29, 1.82) is 5.53 Å². The molecule has 0 aromatic carbocycles. The third-order valence-electron chi connectivity index (χ3n) is 5.78. The molecule has 200 valence electrons. The van der Waals surface area contributed by atoms with Crippen molar-refractivity contribution in [1.82, 2.24) is 19.8 Å². The Morgan fingerprint density at radius 3 is 2.55 bits per heavy atom. The molecule has 8 nitrogen and oxygen atoms in total. The van der Waals surface area contributed by atoms with E-state index in [1.807, 2.05) is 6.07 Å². The summed E-state index contributed by atoms with van der Waals surface area (Å²) in [4.78, 5) is 24.4. The Balaban J connectivity index is 1.81. The van der Waals surface area contributed by atoms with E-state index in [4.69, 9.17) is 5.53 Å². The first-order chi connectivity index (χ1) is 18.1. The average Bonchev–Trinajstić information content (AvgIpc) is 2.90. The molecule has 1 fully saturated rings. The van der Waals surface area contributed by atoms with Crippen LogP contribution >= 0.6 is 0 Å². The molecule has 0 amide bonds. The van der Waals surface area contributed by atoms with Gasteiger partial charge in [0.1, 0.15) is 23.5 Å². The molecule has 0 saturated carbocycles. The summed E-state index contributed by atoms with van der Waals surface area (Å²) < 4.78 is 53.5. The predicted octanol–water partition coefficient (Wildman–Crippen LogP) is 5.16. The Morgan fingerprint density at radius 2 is 1.89 bits per heavy atom. The topological polar surface area (TPSA) is 88.8 Å². The maximum atomic E-state index is 15.0. The average molecular weight is 530 g/mol.